The Labute approximate surface area is 177 Å². The van der Waals surface area contributed by atoms with E-state index in [2.05, 4.69) is 18.7 Å². The zero-order chi connectivity index (χ0) is 21.8. The molecule has 158 valence electrons. The highest BCUT2D eigenvalue weighted by molar-refractivity contribution is 6.16. The first-order chi connectivity index (χ1) is 14.5. The number of carbonyl (C=O) groups is 2. The second kappa shape index (κ2) is 9.03. The van der Waals surface area contributed by atoms with Crippen LogP contribution in [0.25, 0.3) is 0 Å². The molecule has 0 radical (unpaired) electrons. The van der Waals surface area contributed by atoms with Crippen molar-refractivity contribution in [2.45, 2.75) is 33.2 Å². The minimum Gasteiger partial charge on any atom is -0.503 e. The van der Waals surface area contributed by atoms with Crippen LogP contribution < -0.4 is 14.5 Å². The van der Waals surface area contributed by atoms with E-state index in [4.69, 9.17) is 4.74 Å². The van der Waals surface area contributed by atoms with Gasteiger partial charge in [0, 0.05) is 30.9 Å². The quantitative estimate of drug-likeness (QED) is 0.700. The Hall–Kier alpha value is -3.28. The predicted molar refractivity (Wildman–Crippen MR) is 118 cm³/mol. The second-order valence-corrected chi connectivity index (χ2v) is 7.08. The van der Waals surface area contributed by atoms with Gasteiger partial charge in [-0.05, 0) is 55.8 Å². The van der Waals surface area contributed by atoms with Crippen molar-refractivity contribution in [3.05, 3.63) is 65.4 Å². The van der Waals surface area contributed by atoms with Crippen LogP contribution in [0.15, 0.2) is 59.9 Å². The van der Waals surface area contributed by atoms with Crippen LogP contribution in [0.2, 0.25) is 0 Å². The third kappa shape index (κ3) is 3.77. The molecule has 2 aromatic rings. The zero-order valence-electron chi connectivity index (χ0n) is 17.9. The Balaban J connectivity index is 2.08. The molecule has 0 aliphatic carbocycles. The highest BCUT2D eigenvalue weighted by Crippen LogP contribution is 2.42. The van der Waals surface area contributed by atoms with E-state index in [-0.39, 0.29) is 17.8 Å². The molecule has 1 atom stereocenters. The summed E-state index contributed by atoms with van der Waals surface area (Å²) in [7, 11) is 1.57. The fourth-order valence-corrected chi connectivity index (χ4v) is 3.86. The molecule has 6 heteroatoms. The molecule has 3 rings (SSSR count). The normalized spacial score (nSPS) is 16.2. The molecule has 0 fully saturated rings. The molecule has 0 bridgehead atoms. The first kappa shape index (κ1) is 21.4. The molecule has 30 heavy (non-hydrogen) atoms. The highest BCUT2D eigenvalue weighted by atomic mass is 16.5. The molecule has 0 aromatic heterocycles. The summed E-state index contributed by atoms with van der Waals surface area (Å²) < 4.78 is 5.20. The number of aliphatic hydroxyl groups excluding tert-OH is 1. The summed E-state index contributed by atoms with van der Waals surface area (Å²) >= 11 is 0. The lowest BCUT2D eigenvalue weighted by molar-refractivity contribution is -0.118. The summed E-state index contributed by atoms with van der Waals surface area (Å²) in [4.78, 5) is 29.3. The van der Waals surface area contributed by atoms with Crippen molar-refractivity contribution < 1.29 is 19.4 Å². The number of carbonyl (C=O) groups excluding carboxylic acids is 2. The van der Waals surface area contributed by atoms with Gasteiger partial charge in [-0.25, -0.2) is 0 Å². The highest BCUT2D eigenvalue weighted by Gasteiger charge is 2.43. The summed E-state index contributed by atoms with van der Waals surface area (Å²) in [5, 5.41) is 10.6. The van der Waals surface area contributed by atoms with Gasteiger partial charge in [-0.3, -0.25) is 14.5 Å². The van der Waals surface area contributed by atoms with Crippen molar-refractivity contribution in [3.8, 4) is 5.75 Å². The van der Waals surface area contributed by atoms with Gasteiger partial charge in [0.25, 0.3) is 5.91 Å². The number of nitrogens with zero attached hydrogens (tertiary/aromatic N) is 2. The van der Waals surface area contributed by atoms with Crippen molar-refractivity contribution in [2.75, 3.05) is 30.0 Å². The van der Waals surface area contributed by atoms with Crippen molar-refractivity contribution in [2.24, 2.45) is 0 Å². The van der Waals surface area contributed by atoms with Crippen LogP contribution >= 0.6 is 0 Å². The standard InChI is InChI=1S/C24H28N2O4/c1-5-20(27)21-22(16-8-10-17(11-9-16)25(6-2)7-3)26(24(29)23(21)28)18-12-14-19(30-4)15-13-18/h8-15,22,28H,5-7H2,1-4H3. The summed E-state index contributed by atoms with van der Waals surface area (Å²) in [6.45, 7) is 7.68. The largest absolute Gasteiger partial charge is 0.503 e. The molecule has 1 N–H and O–H groups in total. The molecule has 6 nitrogen and oxygen atoms in total. The molecule has 0 saturated carbocycles. The van der Waals surface area contributed by atoms with Crippen molar-refractivity contribution in [1.29, 1.82) is 0 Å². The number of anilines is 2. The number of Topliss-reactive ketones (excluding diaryl/α,β-unsaturated/α-hetero) is 1. The van der Waals surface area contributed by atoms with Crippen LogP contribution in [0.4, 0.5) is 11.4 Å². The van der Waals surface area contributed by atoms with E-state index in [1.807, 2.05) is 24.3 Å². The Morgan fingerprint density at radius 2 is 1.63 bits per heavy atom. The number of amides is 1. The topological polar surface area (TPSA) is 70.1 Å². The minimum absolute atomic E-state index is 0.147. The minimum atomic E-state index is -0.677. The van der Waals surface area contributed by atoms with Crippen LogP contribution in [-0.4, -0.2) is 37.0 Å². The number of hydrogen-bond acceptors (Lipinski definition) is 5. The first-order valence-corrected chi connectivity index (χ1v) is 10.3. The number of ketones is 1. The first-order valence-electron chi connectivity index (χ1n) is 10.3. The summed E-state index contributed by atoms with van der Waals surface area (Å²) in [5.74, 6) is -0.632. The lowest BCUT2D eigenvalue weighted by atomic mass is 9.94. The number of ether oxygens (including phenoxy) is 1. The fraction of sp³-hybridized carbons (Fsp3) is 0.333. The molecule has 0 saturated heterocycles. The van der Waals surface area contributed by atoms with E-state index in [0.29, 0.717) is 11.4 Å². The SMILES string of the molecule is CCC(=O)C1=C(O)C(=O)N(c2ccc(OC)cc2)C1c1ccc(N(CC)CC)cc1. The van der Waals surface area contributed by atoms with E-state index < -0.39 is 17.7 Å². The maximum absolute atomic E-state index is 13.0. The van der Waals surface area contributed by atoms with Crippen LogP contribution in [0, 0.1) is 0 Å². The van der Waals surface area contributed by atoms with Crippen LogP contribution in [-0.2, 0) is 9.59 Å². The van der Waals surface area contributed by atoms with Gasteiger partial charge in [0.2, 0.25) is 0 Å². The number of aliphatic hydroxyl groups is 1. The molecule has 1 heterocycles. The van der Waals surface area contributed by atoms with E-state index >= 15 is 0 Å². The lowest BCUT2D eigenvalue weighted by Crippen LogP contribution is -2.31. The van der Waals surface area contributed by atoms with Gasteiger partial charge in [-0.2, -0.15) is 0 Å². The number of hydrogen-bond donors (Lipinski definition) is 1. The van der Waals surface area contributed by atoms with Gasteiger partial charge in [0.05, 0.1) is 18.7 Å². The Morgan fingerprint density at radius 1 is 1.03 bits per heavy atom. The number of benzene rings is 2. The molecule has 1 aliphatic heterocycles. The van der Waals surface area contributed by atoms with E-state index in [0.717, 1.165) is 24.3 Å². The molecule has 1 aliphatic rings. The molecule has 0 spiro atoms. The van der Waals surface area contributed by atoms with Crippen molar-refractivity contribution >= 4 is 23.1 Å². The number of rotatable bonds is 8. The van der Waals surface area contributed by atoms with E-state index in [1.54, 1.807) is 38.3 Å². The summed E-state index contributed by atoms with van der Waals surface area (Å²) in [5.41, 5.74) is 2.58. The molecule has 2 aromatic carbocycles. The maximum atomic E-state index is 13.0. The van der Waals surface area contributed by atoms with Crippen LogP contribution in [0.5, 0.6) is 5.75 Å². The molecule has 1 amide bonds. The van der Waals surface area contributed by atoms with Gasteiger partial charge in [-0.15, -0.1) is 0 Å². The number of methoxy groups -OCH3 is 1. The summed E-state index contributed by atoms with van der Waals surface area (Å²) in [6.07, 6.45) is 0.206. The van der Waals surface area contributed by atoms with Gasteiger partial charge < -0.3 is 14.7 Å². The second-order valence-electron chi connectivity index (χ2n) is 7.08. The summed E-state index contributed by atoms with van der Waals surface area (Å²) in [6, 6.07) is 14.1. The average molecular weight is 408 g/mol. The van der Waals surface area contributed by atoms with Crippen LogP contribution in [0.3, 0.4) is 0 Å². The Bertz CT molecular complexity index is 944. The molecule has 1 unspecified atom stereocenters. The van der Waals surface area contributed by atoms with Crippen LogP contribution in [0.1, 0.15) is 38.8 Å². The fourth-order valence-electron chi connectivity index (χ4n) is 3.86. The van der Waals surface area contributed by atoms with Gasteiger partial charge >= 0.3 is 0 Å². The molecular formula is C24H28N2O4. The lowest BCUT2D eigenvalue weighted by Gasteiger charge is -2.28. The predicted octanol–water partition coefficient (Wildman–Crippen LogP) is 4.42. The Morgan fingerprint density at radius 3 is 2.13 bits per heavy atom. The van der Waals surface area contributed by atoms with Crippen molar-refractivity contribution in [1.82, 2.24) is 0 Å². The third-order valence-corrected chi connectivity index (χ3v) is 5.52. The average Bonchev–Trinajstić information content (AvgIpc) is 3.05. The smallest absolute Gasteiger partial charge is 0.294 e. The third-order valence-electron chi connectivity index (χ3n) is 5.52. The van der Waals surface area contributed by atoms with Gasteiger partial charge in [0.15, 0.2) is 11.5 Å². The van der Waals surface area contributed by atoms with E-state index in [1.165, 1.54) is 4.90 Å². The van der Waals surface area contributed by atoms with Crippen molar-refractivity contribution in [3.63, 3.8) is 0 Å². The molecular weight excluding hydrogens is 380 g/mol. The monoisotopic (exact) mass is 408 g/mol. The maximum Gasteiger partial charge on any atom is 0.294 e. The Kier molecular flexibility index (Phi) is 6.45. The zero-order valence-corrected chi connectivity index (χ0v) is 17.9. The van der Waals surface area contributed by atoms with Gasteiger partial charge in [0.1, 0.15) is 5.75 Å². The van der Waals surface area contributed by atoms with Gasteiger partial charge in [-0.1, -0.05) is 19.1 Å². The van der Waals surface area contributed by atoms with E-state index in [9.17, 15) is 14.7 Å².